The minimum Gasteiger partial charge on any atom is -0.478 e. The van der Waals surface area contributed by atoms with Crippen LogP contribution in [0.5, 0.6) is 0 Å². The molecule has 20 heavy (non-hydrogen) atoms. The van der Waals surface area contributed by atoms with Gasteiger partial charge in [0.15, 0.2) is 5.82 Å². The van der Waals surface area contributed by atoms with E-state index in [2.05, 4.69) is 15.3 Å². The number of aryl methyl sites for hydroxylation is 1. The molecule has 0 unspecified atom stereocenters. The Morgan fingerprint density at radius 2 is 2.10 bits per heavy atom. The third-order valence-electron chi connectivity index (χ3n) is 2.63. The van der Waals surface area contributed by atoms with Crippen molar-refractivity contribution in [2.75, 3.05) is 5.32 Å². The van der Waals surface area contributed by atoms with E-state index in [1.165, 1.54) is 13.1 Å². The molecule has 0 saturated carbocycles. The predicted molar refractivity (Wildman–Crippen MR) is 64.6 cm³/mol. The van der Waals surface area contributed by atoms with Gasteiger partial charge in [0.2, 0.25) is 5.95 Å². The van der Waals surface area contributed by atoms with Crippen LogP contribution in [0.25, 0.3) is 0 Å². The Hall–Kier alpha value is -2.77. The largest absolute Gasteiger partial charge is 0.478 e. The minimum absolute atomic E-state index is 0.0309. The monoisotopic (exact) mass is 281 g/mol. The highest BCUT2D eigenvalue weighted by Crippen LogP contribution is 2.20. The van der Waals surface area contributed by atoms with E-state index in [0.29, 0.717) is 5.69 Å². The molecular weight excluding hydrogens is 272 g/mol. The summed E-state index contributed by atoms with van der Waals surface area (Å²) >= 11 is 0. The third-order valence-corrected chi connectivity index (χ3v) is 2.63. The van der Waals surface area contributed by atoms with Crippen molar-refractivity contribution in [3.05, 3.63) is 47.0 Å². The summed E-state index contributed by atoms with van der Waals surface area (Å²) in [4.78, 5) is 28.5. The number of amides is 1. The zero-order valence-corrected chi connectivity index (χ0v) is 10.2. The van der Waals surface area contributed by atoms with Gasteiger partial charge in [-0.2, -0.15) is 4.39 Å². The van der Waals surface area contributed by atoms with Gasteiger partial charge in [-0.1, -0.05) is 0 Å². The summed E-state index contributed by atoms with van der Waals surface area (Å²) in [7, 11) is 0. The number of nitrogens with one attached hydrogen (secondary N) is 2. The van der Waals surface area contributed by atoms with Crippen LogP contribution in [0.1, 0.15) is 26.4 Å². The molecule has 8 heteroatoms. The van der Waals surface area contributed by atoms with E-state index in [9.17, 15) is 18.4 Å². The van der Waals surface area contributed by atoms with Gasteiger partial charge in [-0.15, -0.1) is 0 Å². The molecule has 0 atom stereocenters. The van der Waals surface area contributed by atoms with Crippen molar-refractivity contribution < 1.29 is 23.5 Å². The van der Waals surface area contributed by atoms with Crippen LogP contribution in [-0.2, 0) is 0 Å². The number of anilines is 1. The summed E-state index contributed by atoms with van der Waals surface area (Å²) in [6, 6.07) is 0.994. The number of carbonyl (C=O) groups excluding carboxylic acids is 1. The summed E-state index contributed by atoms with van der Waals surface area (Å²) in [5, 5.41) is 11.2. The number of hydrogen-bond acceptors (Lipinski definition) is 3. The Bertz CT molecular complexity index is 697. The molecule has 3 N–H and O–H groups in total. The average molecular weight is 281 g/mol. The Morgan fingerprint density at radius 3 is 2.75 bits per heavy atom. The van der Waals surface area contributed by atoms with Crippen molar-refractivity contribution in [3.8, 4) is 0 Å². The SMILES string of the molecule is Cc1[nH]cc(NC(=O)c2ccnc(F)c2F)c1C(=O)O. The molecule has 0 aliphatic rings. The predicted octanol–water partition coefficient (Wildman–Crippen LogP) is 1.95. The van der Waals surface area contributed by atoms with Crippen LogP contribution in [0, 0.1) is 18.7 Å². The van der Waals surface area contributed by atoms with Crippen molar-refractivity contribution in [1.29, 1.82) is 0 Å². The molecule has 0 aromatic carbocycles. The van der Waals surface area contributed by atoms with Gasteiger partial charge in [0, 0.05) is 18.1 Å². The highest BCUT2D eigenvalue weighted by Gasteiger charge is 2.20. The number of aromatic carboxylic acids is 1. The van der Waals surface area contributed by atoms with Gasteiger partial charge >= 0.3 is 5.97 Å². The fourth-order valence-corrected chi connectivity index (χ4v) is 1.68. The zero-order valence-electron chi connectivity index (χ0n) is 10.2. The number of pyridine rings is 1. The number of aromatic amines is 1. The number of H-pyrrole nitrogens is 1. The van der Waals surface area contributed by atoms with E-state index in [4.69, 9.17) is 5.11 Å². The van der Waals surface area contributed by atoms with Gasteiger partial charge in [-0.05, 0) is 13.0 Å². The van der Waals surface area contributed by atoms with Crippen molar-refractivity contribution >= 4 is 17.6 Å². The molecular formula is C12H9F2N3O3. The van der Waals surface area contributed by atoms with Crippen LogP contribution in [0.3, 0.4) is 0 Å². The molecule has 0 bridgehead atoms. The fourth-order valence-electron chi connectivity index (χ4n) is 1.68. The molecule has 2 aromatic rings. The first-order valence-electron chi connectivity index (χ1n) is 5.44. The second-order valence-electron chi connectivity index (χ2n) is 3.92. The topological polar surface area (TPSA) is 95.1 Å². The molecule has 6 nitrogen and oxygen atoms in total. The molecule has 2 heterocycles. The third kappa shape index (κ3) is 2.35. The lowest BCUT2D eigenvalue weighted by Crippen LogP contribution is -2.16. The first-order valence-corrected chi connectivity index (χ1v) is 5.44. The van der Waals surface area contributed by atoms with Crippen molar-refractivity contribution in [2.45, 2.75) is 6.92 Å². The van der Waals surface area contributed by atoms with Gasteiger partial charge in [-0.25, -0.2) is 14.2 Å². The van der Waals surface area contributed by atoms with Crippen LogP contribution in [0.15, 0.2) is 18.5 Å². The smallest absolute Gasteiger partial charge is 0.339 e. The number of rotatable bonds is 3. The molecule has 0 radical (unpaired) electrons. The molecule has 0 aliphatic heterocycles. The normalized spacial score (nSPS) is 10.3. The van der Waals surface area contributed by atoms with Crippen molar-refractivity contribution in [2.24, 2.45) is 0 Å². The number of carboxylic acids is 1. The highest BCUT2D eigenvalue weighted by atomic mass is 19.2. The Balaban J connectivity index is 2.33. The maximum atomic E-state index is 13.4. The lowest BCUT2D eigenvalue weighted by Gasteiger charge is -2.05. The second-order valence-corrected chi connectivity index (χ2v) is 3.92. The molecule has 1 amide bonds. The van der Waals surface area contributed by atoms with E-state index < -0.39 is 29.2 Å². The van der Waals surface area contributed by atoms with Crippen LogP contribution in [0.4, 0.5) is 14.5 Å². The summed E-state index contributed by atoms with van der Waals surface area (Å²) in [6.07, 6.45) is 2.19. The van der Waals surface area contributed by atoms with Gasteiger partial charge in [0.05, 0.1) is 11.3 Å². The van der Waals surface area contributed by atoms with Crippen LogP contribution in [-0.4, -0.2) is 27.0 Å². The first kappa shape index (κ1) is 13.7. The van der Waals surface area contributed by atoms with Crippen LogP contribution in [0.2, 0.25) is 0 Å². The van der Waals surface area contributed by atoms with Gasteiger partial charge < -0.3 is 15.4 Å². The highest BCUT2D eigenvalue weighted by molar-refractivity contribution is 6.08. The summed E-state index contributed by atoms with van der Waals surface area (Å²) in [6.45, 7) is 1.51. The lowest BCUT2D eigenvalue weighted by atomic mass is 10.2. The quantitative estimate of drug-likeness (QED) is 0.749. The number of halogens is 2. The summed E-state index contributed by atoms with van der Waals surface area (Å²) < 4.78 is 26.3. The number of nitrogens with zero attached hydrogens (tertiary/aromatic N) is 1. The maximum absolute atomic E-state index is 13.4. The first-order chi connectivity index (χ1) is 9.41. The minimum atomic E-state index is -1.40. The second kappa shape index (κ2) is 5.08. The Morgan fingerprint density at radius 1 is 1.40 bits per heavy atom. The van der Waals surface area contributed by atoms with Gasteiger partial charge in [0.1, 0.15) is 5.56 Å². The number of carbonyl (C=O) groups is 2. The van der Waals surface area contributed by atoms with Crippen LogP contribution < -0.4 is 5.32 Å². The summed E-state index contributed by atoms with van der Waals surface area (Å²) in [5.74, 6) is -5.01. The fraction of sp³-hybridized carbons (Fsp3) is 0.0833. The van der Waals surface area contributed by atoms with E-state index >= 15 is 0 Å². The number of aromatic nitrogens is 2. The summed E-state index contributed by atoms with van der Waals surface area (Å²) in [5.41, 5.74) is -0.410. The lowest BCUT2D eigenvalue weighted by molar-refractivity contribution is 0.0697. The molecule has 2 aromatic heterocycles. The maximum Gasteiger partial charge on any atom is 0.339 e. The molecule has 2 rings (SSSR count). The van der Waals surface area contributed by atoms with E-state index in [0.717, 1.165) is 12.3 Å². The Kier molecular flexibility index (Phi) is 3.47. The van der Waals surface area contributed by atoms with Gasteiger partial charge in [0.25, 0.3) is 5.91 Å². The van der Waals surface area contributed by atoms with E-state index in [1.54, 1.807) is 0 Å². The molecule has 0 fully saturated rings. The molecule has 104 valence electrons. The number of carboxylic acid groups (broad SMARTS) is 1. The molecule has 0 spiro atoms. The van der Waals surface area contributed by atoms with Gasteiger partial charge in [-0.3, -0.25) is 4.79 Å². The van der Waals surface area contributed by atoms with E-state index in [1.807, 2.05) is 0 Å². The van der Waals surface area contributed by atoms with Crippen molar-refractivity contribution in [3.63, 3.8) is 0 Å². The average Bonchev–Trinajstić information content (AvgIpc) is 2.73. The molecule has 0 aliphatic carbocycles. The Labute approximate surface area is 111 Å². The molecule has 0 saturated heterocycles. The van der Waals surface area contributed by atoms with Crippen LogP contribution >= 0.6 is 0 Å². The number of hydrogen-bond donors (Lipinski definition) is 3. The van der Waals surface area contributed by atoms with Crippen molar-refractivity contribution in [1.82, 2.24) is 9.97 Å². The zero-order chi connectivity index (χ0) is 14.9. The standard InChI is InChI=1S/C12H9F2N3O3/c1-5-8(12(19)20)7(4-16-5)17-11(18)6-2-3-15-10(14)9(6)13/h2-4,16H,1H3,(H,17,18)(H,19,20). The van der Waals surface area contributed by atoms with E-state index in [-0.39, 0.29) is 11.3 Å².